The highest BCUT2D eigenvalue weighted by Gasteiger charge is 2.03. The van der Waals surface area contributed by atoms with Crippen LogP contribution in [0.5, 0.6) is 0 Å². The third-order valence-electron chi connectivity index (χ3n) is 3.38. The molecule has 0 radical (unpaired) electrons. The monoisotopic (exact) mass is 374 g/mol. The van der Waals surface area contributed by atoms with E-state index in [0.717, 1.165) is 51.4 Å². The predicted molar refractivity (Wildman–Crippen MR) is 89.8 cm³/mol. The Morgan fingerprint density at radius 2 is 0.826 bits per heavy atom. The quantitative estimate of drug-likeness (QED) is 0.315. The van der Waals surface area contributed by atoms with Crippen molar-refractivity contribution in [2.75, 3.05) is 24.7 Å². The molecule has 0 bridgehead atoms. The summed E-state index contributed by atoms with van der Waals surface area (Å²) in [4.78, 5) is 0. The average molecular weight is 375 g/mol. The normalized spacial score (nSPS) is 12.6. The van der Waals surface area contributed by atoms with Gasteiger partial charge in [0.05, 0.1) is 11.5 Å². The van der Waals surface area contributed by atoms with E-state index in [0.29, 0.717) is 26.1 Å². The average Bonchev–Trinajstić information content (AvgIpc) is 2.40. The van der Waals surface area contributed by atoms with Gasteiger partial charge in [-0.15, -0.1) is 0 Å². The molecule has 7 nitrogen and oxygen atoms in total. The molecule has 0 heterocycles. The van der Waals surface area contributed by atoms with Gasteiger partial charge < -0.3 is 4.74 Å². The number of ether oxygens (including phenoxy) is 1. The molecular formula is C14H30O7S2. The zero-order valence-corrected chi connectivity index (χ0v) is 15.3. The summed E-state index contributed by atoms with van der Waals surface area (Å²) in [5.74, 6) is -0.318. The van der Waals surface area contributed by atoms with Crippen LogP contribution in [0.25, 0.3) is 0 Å². The molecule has 0 aliphatic heterocycles. The summed E-state index contributed by atoms with van der Waals surface area (Å²) in [6, 6.07) is 0. The summed E-state index contributed by atoms with van der Waals surface area (Å²) in [5.41, 5.74) is 0. The first-order valence-electron chi connectivity index (χ1n) is 8.19. The van der Waals surface area contributed by atoms with Crippen LogP contribution in [0.4, 0.5) is 0 Å². The van der Waals surface area contributed by atoms with Gasteiger partial charge in [-0.3, -0.25) is 9.11 Å². The van der Waals surface area contributed by atoms with Crippen molar-refractivity contribution in [2.45, 2.75) is 64.2 Å². The second kappa shape index (κ2) is 13.1. The van der Waals surface area contributed by atoms with Gasteiger partial charge in [0.15, 0.2) is 0 Å². The molecule has 0 aromatic heterocycles. The zero-order valence-electron chi connectivity index (χ0n) is 13.7. The van der Waals surface area contributed by atoms with E-state index in [4.69, 9.17) is 13.8 Å². The lowest BCUT2D eigenvalue weighted by atomic mass is 10.1. The lowest BCUT2D eigenvalue weighted by Crippen LogP contribution is -2.03. The topological polar surface area (TPSA) is 118 Å². The smallest absolute Gasteiger partial charge is 0.264 e. The van der Waals surface area contributed by atoms with Crippen molar-refractivity contribution >= 4 is 20.2 Å². The molecule has 0 atom stereocenters. The van der Waals surface area contributed by atoms with Crippen LogP contribution >= 0.6 is 0 Å². The number of rotatable bonds is 16. The largest absolute Gasteiger partial charge is 0.381 e. The number of unbranched alkanes of at least 4 members (excludes halogenated alkanes) is 8. The van der Waals surface area contributed by atoms with Gasteiger partial charge in [-0.1, -0.05) is 38.5 Å². The minimum absolute atomic E-state index is 0.159. The van der Waals surface area contributed by atoms with E-state index in [-0.39, 0.29) is 11.5 Å². The van der Waals surface area contributed by atoms with Crippen LogP contribution in [-0.2, 0) is 25.0 Å². The van der Waals surface area contributed by atoms with Crippen molar-refractivity contribution in [1.82, 2.24) is 0 Å². The van der Waals surface area contributed by atoms with Crippen LogP contribution in [0.15, 0.2) is 0 Å². The maximum absolute atomic E-state index is 10.5. The second-order valence-corrected chi connectivity index (χ2v) is 8.86. The highest BCUT2D eigenvalue weighted by molar-refractivity contribution is 7.86. The van der Waals surface area contributed by atoms with Gasteiger partial charge in [-0.05, 0) is 25.7 Å². The van der Waals surface area contributed by atoms with Crippen LogP contribution in [0.2, 0.25) is 0 Å². The van der Waals surface area contributed by atoms with Crippen molar-refractivity contribution in [2.24, 2.45) is 0 Å². The first-order valence-corrected chi connectivity index (χ1v) is 11.4. The first kappa shape index (κ1) is 22.8. The van der Waals surface area contributed by atoms with Gasteiger partial charge in [0.1, 0.15) is 0 Å². The van der Waals surface area contributed by atoms with Crippen molar-refractivity contribution in [1.29, 1.82) is 0 Å². The Labute approximate surface area is 140 Å². The third kappa shape index (κ3) is 21.8. The molecule has 0 aliphatic rings. The molecule has 0 unspecified atom stereocenters. The highest BCUT2D eigenvalue weighted by atomic mass is 32.2. The third-order valence-corrected chi connectivity index (χ3v) is 4.99. The van der Waals surface area contributed by atoms with Gasteiger partial charge in [-0.2, -0.15) is 16.8 Å². The summed E-state index contributed by atoms with van der Waals surface area (Å²) >= 11 is 0. The van der Waals surface area contributed by atoms with Crippen LogP contribution < -0.4 is 0 Å². The minimum Gasteiger partial charge on any atom is -0.381 e. The molecule has 0 saturated heterocycles. The summed E-state index contributed by atoms with van der Waals surface area (Å²) in [6.45, 7) is 1.39. The maximum atomic E-state index is 10.5. The van der Waals surface area contributed by atoms with E-state index in [2.05, 4.69) is 0 Å². The summed E-state index contributed by atoms with van der Waals surface area (Å²) < 4.78 is 64.6. The fraction of sp³-hybridized carbons (Fsp3) is 1.00. The molecular weight excluding hydrogens is 344 g/mol. The Bertz CT molecular complexity index is 427. The lowest BCUT2D eigenvalue weighted by Gasteiger charge is -2.04. The van der Waals surface area contributed by atoms with Gasteiger partial charge in [0.2, 0.25) is 0 Å². The van der Waals surface area contributed by atoms with Gasteiger partial charge in [0, 0.05) is 13.2 Å². The SMILES string of the molecule is O=S(=O)(O)CCCCCCCOCCCCCCCS(=O)(=O)O. The van der Waals surface area contributed by atoms with Crippen LogP contribution in [-0.4, -0.2) is 50.7 Å². The molecule has 9 heteroatoms. The number of hydrogen-bond donors (Lipinski definition) is 2. The van der Waals surface area contributed by atoms with Gasteiger partial charge in [-0.25, -0.2) is 0 Å². The first-order chi connectivity index (χ1) is 10.7. The standard InChI is InChI=1S/C14H30O7S2/c15-22(16,17)13-9-5-1-3-7-11-21-12-8-4-2-6-10-14-23(18,19)20/h1-14H2,(H,15,16,17)(H,18,19,20). The lowest BCUT2D eigenvalue weighted by molar-refractivity contribution is 0.125. The van der Waals surface area contributed by atoms with Crippen molar-refractivity contribution < 1.29 is 30.7 Å². The molecule has 0 aliphatic carbocycles. The predicted octanol–water partition coefficient (Wildman–Crippen LogP) is 2.68. The Hall–Kier alpha value is -0.220. The molecule has 0 amide bonds. The highest BCUT2D eigenvalue weighted by Crippen LogP contribution is 2.06. The molecule has 0 aromatic carbocycles. The summed E-state index contributed by atoms with van der Waals surface area (Å²) in [6.07, 6.45) is 8.32. The molecule has 23 heavy (non-hydrogen) atoms. The zero-order chi connectivity index (χ0) is 17.6. The summed E-state index contributed by atoms with van der Waals surface area (Å²) in [5, 5.41) is 0. The molecule has 0 aromatic rings. The van der Waals surface area contributed by atoms with Gasteiger partial charge >= 0.3 is 0 Å². The van der Waals surface area contributed by atoms with Crippen LogP contribution in [0, 0.1) is 0 Å². The fourth-order valence-corrected chi connectivity index (χ4v) is 3.28. The Morgan fingerprint density at radius 1 is 0.522 bits per heavy atom. The summed E-state index contributed by atoms with van der Waals surface area (Å²) in [7, 11) is -7.63. The van der Waals surface area contributed by atoms with E-state index in [9.17, 15) is 16.8 Å². The minimum atomic E-state index is -3.81. The van der Waals surface area contributed by atoms with Crippen molar-refractivity contribution in [3.63, 3.8) is 0 Å². The van der Waals surface area contributed by atoms with Crippen LogP contribution in [0.3, 0.4) is 0 Å². The Balaban J connectivity index is 3.14. The molecule has 140 valence electrons. The van der Waals surface area contributed by atoms with E-state index >= 15 is 0 Å². The second-order valence-electron chi connectivity index (χ2n) is 5.72. The van der Waals surface area contributed by atoms with Gasteiger partial charge in [0.25, 0.3) is 20.2 Å². The van der Waals surface area contributed by atoms with E-state index < -0.39 is 20.2 Å². The molecule has 2 N–H and O–H groups in total. The molecule has 0 spiro atoms. The maximum Gasteiger partial charge on any atom is 0.264 e. The van der Waals surface area contributed by atoms with E-state index in [1.54, 1.807) is 0 Å². The van der Waals surface area contributed by atoms with Crippen LogP contribution in [0.1, 0.15) is 64.2 Å². The fourth-order valence-electron chi connectivity index (χ4n) is 2.14. The van der Waals surface area contributed by atoms with Crippen molar-refractivity contribution in [3.05, 3.63) is 0 Å². The number of hydrogen-bond acceptors (Lipinski definition) is 5. The van der Waals surface area contributed by atoms with E-state index in [1.807, 2.05) is 0 Å². The van der Waals surface area contributed by atoms with Crippen molar-refractivity contribution in [3.8, 4) is 0 Å². The van der Waals surface area contributed by atoms with E-state index in [1.165, 1.54) is 0 Å². The Morgan fingerprint density at radius 3 is 1.17 bits per heavy atom. The molecule has 0 fully saturated rings. The molecule has 0 saturated carbocycles. The Kier molecular flexibility index (Phi) is 13.0. The molecule has 0 rings (SSSR count).